The van der Waals surface area contributed by atoms with E-state index in [2.05, 4.69) is 6.92 Å². The summed E-state index contributed by atoms with van der Waals surface area (Å²) in [4.78, 5) is 11.2. The van der Waals surface area contributed by atoms with Gasteiger partial charge >= 0.3 is 5.97 Å². The Balaban J connectivity index is 2.60. The summed E-state index contributed by atoms with van der Waals surface area (Å²) in [7, 11) is -1.29. The Labute approximate surface area is 111 Å². The Kier molecular flexibility index (Phi) is 6.65. The third-order valence-electron chi connectivity index (χ3n) is 2.81. The Bertz CT molecular complexity index is 389. The minimum absolute atomic E-state index is 0.342. The second-order valence-corrected chi connectivity index (χ2v) is 6.05. The first-order chi connectivity index (χ1) is 8.65. The summed E-state index contributed by atoms with van der Waals surface area (Å²) in [5.74, 6) is -0.480. The van der Waals surface area contributed by atoms with Crippen LogP contribution in [-0.2, 0) is 22.0 Å². The average molecular weight is 268 g/mol. The second-order valence-electron chi connectivity index (χ2n) is 4.31. The molecule has 0 radical (unpaired) electrons. The topological polar surface area (TPSA) is 54.4 Å². The number of hydrogen-bond donors (Lipinski definition) is 1. The molecule has 0 heterocycles. The number of carboxylic acids is 1. The first-order valence-electron chi connectivity index (χ1n) is 6.29. The fourth-order valence-electron chi connectivity index (χ4n) is 1.76. The van der Waals surface area contributed by atoms with E-state index in [1.807, 2.05) is 30.3 Å². The molecule has 3 nitrogen and oxygen atoms in total. The molecular formula is C14H20O3S. The molecule has 0 saturated heterocycles. The van der Waals surface area contributed by atoms with Gasteiger partial charge in [0.05, 0.1) is 0 Å². The van der Waals surface area contributed by atoms with Gasteiger partial charge in [0.25, 0.3) is 0 Å². The highest BCUT2D eigenvalue weighted by Crippen LogP contribution is 2.10. The molecule has 0 fully saturated rings. The SMILES string of the molecule is CCCCCS(=O)C(Cc1ccccc1)C(=O)O. The summed E-state index contributed by atoms with van der Waals surface area (Å²) < 4.78 is 12.0. The van der Waals surface area contributed by atoms with Crippen molar-refractivity contribution in [2.45, 2.75) is 37.9 Å². The number of benzene rings is 1. The molecule has 2 atom stereocenters. The van der Waals surface area contributed by atoms with Crippen LogP contribution >= 0.6 is 0 Å². The monoisotopic (exact) mass is 268 g/mol. The van der Waals surface area contributed by atoms with Crippen molar-refractivity contribution in [2.75, 3.05) is 5.75 Å². The molecule has 100 valence electrons. The minimum atomic E-state index is -1.29. The predicted octanol–water partition coefficient (Wildman–Crippen LogP) is 2.62. The summed E-state index contributed by atoms with van der Waals surface area (Å²) in [5, 5.41) is 8.38. The predicted molar refractivity (Wildman–Crippen MR) is 74.1 cm³/mol. The maximum atomic E-state index is 12.0. The zero-order valence-corrected chi connectivity index (χ0v) is 11.5. The standard InChI is InChI=1S/C14H20O3S/c1-2-3-7-10-18(17)13(14(15)16)11-12-8-5-4-6-9-12/h4-6,8-9,13H,2-3,7,10-11H2,1H3,(H,15,16). The van der Waals surface area contributed by atoms with Crippen molar-refractivity contribution in [2.24, 2.45) is 0 Å². The lowest BCUT2D eigenvalue weighted by Crippen LogP contribution is -2.29. The quantitative estimate of drug-likeness (QED) is 0.737. The summed E-state index contributed by atoms with van der Waals surface area (Å²) in [6.07, 6.45) is 3.23. The van der Waals surface area contributed by atoms with Crippen LogP contribution in [0.4, 0.5) is 0 Å². The fraction of sp³-hybridized carbons (Fsp3) is 0.500. The van der Waals surface area contributed by atoms with Gasteiger partial charge in [0, 0.05) is 16.6 Å². The van der Waals surface area contributed by atoms with E-state index in [4.69, 9.17) is 5.11 Å². The van der Waals surface area contributed by atoms with Crippen LogP contribution in [0, 0.1) is 0 Å². The third kappa shape index (κ3) is 5.00. The third-order valence-corrected chi connectivity index (χ3v) is 4.50. The zero-order chi connectivity index (χ0) is 13.4. The summed E-state index contributed by atoms with van der Waals surface area (Å²) in [6, 6.07) is 9.37. The molecule has 1 N–H and O–H groups in total. The van der Waals surface area contributed by atoms with Crippen LogP contribution in [0.2, 0.25) is 0 Å². The highest BCUT2D eigenvalue weighted by Gasteiger charge is 2.24. The van der Waals surface area contributed by atoms with Gasteiger partial charge in [0.1, 0.15) is 5.25 Å². The molecule has 1 rings (SSSR count). The lowest BCUT2D eigenvalue weighted by Gasteiger charge is -2.12. The normalized spacial score (nSPS) is 14.1. The van der Waals surface area contributed by atoms with Gasteiger partial charge in [-0.1, -0.05) is 50.1 Å². The van der Waals surface area contributed by atoms with Crippen LogP contribution in [0.25, 0.3) is 0 Å². The highest BCUT2D eigenvalue weighted by molar-refractivity contribution is 7.86. The maximum absolute atomic E-state index is 12.0. The Morgan fingerprint density at radius 1 is 1.28 bits per heavy atom. The van der Waals surface area contributed by atoms with Gasteiger partial charge in [-0.2, -0.15) is 0 Å². The largest absolute Gasteiger partial charge is 0.480 e. The number of aliphatic carboxylic acids is 1. The van der Waals surface area contributed by atoms with Crippen LogP contribution in [0.1, 0.15) is 31.7 Å². The van der Waals surface area contributed by atoms with Crippen LogP contribution < -0.4 is 0 Å². The molecule has 18 heavy (non-hydrogen) atoms. The van der Waals surface area contributed by atoms with Gasteiger partial charge in [0.15, 0.2) is 0 Å². The van der Waals surface area contributed by atoms with Gasteiger partial charge in [0.2, 0.25) is 0 Å². The lowest BCUT2D eigenvalue weighted by molar-refractivity contribution is -0.136. The highest BCUT2D eigenvalue weighted by atomic mass is 32.2. The van der Waals surface area contributed by atoms with Crippen LogP contribution in [0.3, 0.4) is 0 Å². The lowest BCUT2D eigenvalue weighted by atomic mass is 10.1. The Morgan fingerprint density at radius 2 is 1.94 bits per heavy atom. The van der Waals surface area contributed by atoms with E-state index >= 15 is 0 Å². The van der Waals surface area contributed by atoms with Crippen molar-refractivity contribution in [1.29, 1.82) is 0 Å². The molecule has 2 unspecified atom stereocenters. The van der Waals surface area contributed by atoms with Gasteiger partial charge in [-0.3, -0.25) is 9.00 Å². The van der Waals surface area contributed by atoms with Gasteiger partial charge in [-0.15, -0.1) is 0 Å². The molecule has 0 aliphatic carbocycles. The van der Waals surface area contributed by atoms with E-state index in [0.29, 0.717) is 12.2 Å². The summed E-state index contributed by atoms with van der Waals surface area (Å²) >= 11 is 0. The molecule has 0 saturated carbocycles. The Morgan fingerprint density at radius 3 is 2.50 bits per heavy atom. The molecule has 0 aliphatic rings. The molecule has 0 aliphatic heterocycles. The van der Waals surface area contributed by atoms with E-state index in [9.17, 15) is 9.00 Å². The van der Waals surface area contributed by atoms with Gasteiger partial charge in [-0.25, -0.2) is 0 Å². The molecular weight excluding hydrogens is 248 g/mol. The second kappa shape index (κ2) is 8.03. The number of rotatable bonds is 8. The fourth-order valence-corrected chi connectivity index (χ4v) is 3.13. The van der Waals surface area contributed by atoms with Crippen LogP contribution in [-0.4, -0.2) is 26.3 Å². The van der Waals surface area contributed by atoms with E-state index in [1.165, 1.54) is 0 Å². The zero-order valence-electron chi connectivity index (χ0n) is 10.7. The average Bonchev–Trinajstić information content (AvgIpc) is 2.37. The molecule has 0 spiro atoms. The van der Waals surface area contributed by atoms with E-state index < -0.39 is 22.0 Å². The maximum Gasteiger partial charge on any atom is 0.319 e. The minimum Gasteiger partial charge on any atom is -0.480 e. The van der Waals surface area contributed by atoms with E-state index in [1.54, 1.807) is 0 Å². The van der Waals surface area contributed by atoms with Crippen molar-refractivity contribution in [3.05, 3.63) is 35.9 Å². The first kappa shape index (κ1) is 14.9. The molecule has 1 aromatic rings. The van der Waals surface area contributed by atoms with Crippen molar-refractivity contribution in [3.63, 3.8) is 0 Å². The Hall–Kier alpha value is -1.16. The van der Waals surface area contributed by atoms with Gasteiger partial charge in [-0.05, 0) is 18.4 Å². The number of carboxylic acid groups (broad SMARTS) is 1. The summed E-state index contributed by atoms with van der Waals surface area (Å²) in [6.45, 7) is 2.07. The van der Waals surface area contributed by atoms with Crippen LogP contribution in [0.15, 0.2) is 30.3 Å². The number of carbonyl (C=O) groups is 1. The van der Waals surface area contributed by atoms with Crippen molar-refractivity contribution in [1.82, 2.24) is 0 Å². The number of hydrogen-bond acceptors (Lipinski definition) is 2. The van der Waals surface area contributed by atoms with E-state index in [-0.39, 0.29) is 0 Å². The smallest absolute Gasteiger partial charge is 0.319 e. The molecule has 0 bridgehead atoms. The summed E-state index contributed by atoms with van der Waals surface area (Å²) in [5.41, 5.74) is 0.925. The van der Waals surface area contributed by atoms with Crippen molar-refractivity contribution < 1.29 is 14.1 Å². The van der Waals surface area contributed by atoms with Crippen LogP contribution in [0.5, 0.6) is 0 Å². The number of unbranched alkanes of at least 4 members (excludes halogenated alkanes) is 2. The molecule has 4 heteroatoms. The molecule has 0 aromatic heterocycles. The van der Waals surface area contributed by atoms with E-state index in [0.717, 1.165) is 24.8 Å². The van der Waals surface area contributed by atoms with Crippen molar-refractivity contribution in [3.8, 4) is 0 Å². The first-order valence-corrected chi connectivity index (χ1v) is 7.67. The van der Waals surface area contributed by atoms with Gasteiger partial charge < -0.3 is 5.11 Å². The molecule has 1 aromatic carbocycles. The van der Waals surface area contributed by atoms with Crippen molar-refractivity contribution >= 4 is 16.8 Å². The molecule has 0 amide bonds.